The Labute approximate surface area is 217 Å². The lowest BCUT2D eigenvalue weighted by molar-refractivity contribution is 0.104. The van der Waals surface area contributed by atoms with E-state index < -0.39 is 0 Å². The SMILES string of the molecule is COc1cc(C=Cc2cccc(N/C=C\C(=O)c3cc(OC)c(OC)c(OC)c3)c2)cc(OC)c1OC. The molecule has 0 saturated carbocycles. The van der Waals surface area contributed by atoms with Gasteiger partial charge in [-0.15, -0.1) is 0 Å². The van der Waals surface area contributed by atoms with E-state index in [1.54, 1.807) is 39.7 Å². The number of hydrogen-bond donors (Lipinski definition) is 1. The first-order valence-corrected chi connectivity index (χ1v) is 11.3. The maximum atomic E-state index is 12.7. The average molecular weight is 506 g/mol. The highest BCUT2D eigenvalue weighted by Gasteiger charge is 2.16. The Morgan fingerprint density at radius 1 is 0.649 bits per heavy atom. The van der Waals surface area contributed by atoms with Crippen molar-refractivity contribution in [3.63, 3.8) is 0 Å². The van der Waals surface area contributed by atoms with E-state index in [1.807, 2.05) is 48.6 Å². The Kier molecular flexibility index (Phi) is 9.43. The van der Waals surface area contributed by atoms with Crippen LogP contribution in [0.5, 0.6) is 34.5 Å². The highest BCUT2D eigenvalue weighted by atomic mass is 16.5. The predicted molar refractivity (Wildman–Crippen MR) is 145 cm³/mol. The lowest BCUT2D eigenvalue weighted by atomic mass is 10.1. The number of anilines is 1. The number of rotatable bonds is 12. The van der Waals surface area contributed by atoms with Crippen LogP contribution in [-0.2, 0) is 0 Å². The van der Waals surface area contributed by atoms with Gasteiger partial charge in [0.05, 0.1) is 42.7 Å². The van der Waals surface area contributed by atoms with Crippen LogP contribution in [-0.4, -0.2) is 48.4 Å². The Morgan fingerprint density at radius 3 is 1.68 bits per heavy atom. The third-order valence-electron chi connectivity index (χ3n) is 5.48. The predicted octanol–water partition coefficient (Wildman–Crippen LogP) is 5.72. The summed E-state index contributed by atoms with van der Waals surface area (Å²) >= 11 is 0. The van der Waals surface area contributed by atoms with Crippen LogP contribution < -0.4 is 33.7 Å². The summed E-state index contributed by atoms with van der Waals surface area (Å²) in [6, 6.07) is 14.7. The summed E-state index contributed by atoms with van der Waals surface area (Å²) < 4.78 is 32.2. The molecule has 0 aliphatic rings. The van der Waals surface area contributed by atoms with Gasteiger partial charge in [-0.1, -0.05) is 24.3 Å². The van der Waals surface area contributed by atoms with Gasteiger partial charge in [-0.3, -0.25) is 4.79 Å². The van der Waals surface area contributed by atoms with Crippen molar-refractivity contribution in [3.8, 4) is 34.5 Å². The molecule has 37 heavy (non-hydrogen) atoms. The normalized spacial score (nSPS) is 10.9. The van der Waals surface area contributed by atoms with Crippen molar-refractivity contribution >= 4 is 23.6 Å². The van der Waals surface area contributed by atoms with E-state index in [9.17, 15) is 4.79 Å². The third-order valence-corrected chi connectivity index (χ3v) is 5.48. The highest BCUT2D eigenvalue weighted by Crippen LogP contribution is 2.39. The monoisotopic (exact) mass is 505 g/mol. The molecule has 0 aliphatic carbocycles. The third kappa shape index (κ3) is 6.55. The molecule has 0 spiro atoms. The van der Waals surface area contributed by atoms with Crippen molar-refractivity contribution in [2.75, 3.05) is 48.0 Å². The van der Waals surface area contributed by atoms with E-state index in [2.05, 4.69) is 5.32 Å². The van der Waals surface area contributed by atoms with Gasteiger partial charge < -0.3 is 33.7 Å². The number of hydrogen-bond acceptors (Lipinski definition) is 8. The standard InChI is InChI=1S/C29H31NO7/c1-32-24-15-20(16-25(33-2)28(24)36-5)11-10-19-8-7-9-22(14-19)30-13-12-23(31)21-17-26(34-3)29(37-6)27(18-21)35-4/h7-18,30H,1-6H3/b11-10?,13-12-. The Morgan fingerprint density at radius 2 is 1.16 bits per heavy atom. The van der Waals surface area contributed by atoms with E-state index >= 15 is 0 Å². The van der Waals surface area contributed by atoms with Gasteiger partial charge in [0.15, 0.2) is 28.8 Å². The van der Waals surface area contributed by atoms with Crippen LogP contribution in [0.4, 0.5) is 5.69 Å². The fraction of sp³-hybridized carbons (Fsp3) is 0.207. The van der Waals surface area contributed by atoms with Crippen LogP contribution in [0, 0.1) is 0 Å². The maximum absolute atomic E-state index is 12.7. The van der Waals surface area contributed by atoms with Gasteiger partial charge in [-0.2, -0.15) is 0 Å². The molecule has 1 N–H and O–H groups in total. The number of carbonyl (C=O) groups excluding carboxylic acids is 1. The summed E-state index contributed by atoms with van der Waals surface area (Å²) in [6.45, 7) is 0. The van der Waals surface area contributed by atoms with Crippen LogP contribution in [0.15, 0.2) is 60.8 Å². The van der Waals surface area contributed by atoms with Crippen LogP contribution in [0.1, 0.15) is 21.5 Å². The molecule has 0 saturated heterocycles. The molecule has 0 aliphatic heterocycles. The number of nitrogens with one attached hydrogen (secondary N) is 1. The number of allylic oxidation sites excluding steroid dienone is 1. The molecular formula is C29H31NO7. The zero-order valence-electron chi connectivity index (χ0n) is 21.8. The summed E-state index contributed by atoms with van der Waals surface area (Å²) in [7, 11) is 9.26. The summed E-state index contributed by atoms with van der Waals surface area (Å²) in [5.41, 5.74) is 3.09. The van der Waals surface area contributed by atoms with Gasteiger partial charge in [-0.05, 0) is 47.5 Å². The van der Waals surface area contributed by atoms with Crippen molar-refractivity contribution in [2.45, 2.75) is 0 Å². The minimum atomic E-state index is -0.217. The minimum Gasteiger partial charge on any atom is -0.493 e. The van der Waals surface area contributed by atoms with E-state index in [0.29, 0.717) is 40.1 Å². The molecule has 0 unspecified atom stereocenters. The maximum Gasteiger partial charge on any atom is 0.203 e. The van der Waals surface area contributed by atoms with Crippen LogP contribution in [0.2, 0.25) is 0 Å². The number of benzene rings is 3. The first kappa shape index (κ1) is 27.0. The van der Waals surface area contributed by atoms with Crippen molar-refractivity contribution in [1.29, 1.82) is 0 Å². The molecule has 0 bridgehead atoms. The topological polar surface area (TPSA) is 84.5 Å². The number of ether oxygens (including phenoxy) is 6. The van der Waals surface area contributed by atoms with E-state index in [4.69, 9.17) is 28.4 Å². The van der Waals surface area contributed by atoms with Gasteiger partial charge in [0, 0.05) is 23.5 Å². The van der Waals surface area contributed by atoms with Gasteiger partial charge in [0.1, 0.15) is 0 Å². The quantitative estimate of drug-likeness (QED) is 0.190. The van der Waals surface area contributed by atoms with Crippen molar-refractivity contribution in [3.05, 3.63) is 77.5 Å². The van der Waals surface area contributed by atoms with E-state index in [1.165, 1.54) is 27.4 Å². The molecule has 0 fully saturated rings. The Hall–Kier alpha value is -4.59. The number of ketones is 1. The molecule has 8 nitrogen and oxygen atoms in total. The average Bonchev–Trinajstić information content (AvgIpc) is 2.94. The van der Waals surface area contributed by atoms with E-state index in [-0.39, 0.29) is 5.78 Å². The smallest absolute Gasteiger partial charge is 0.203 e. The summed E-state index contributed by atoms with van der Waals surface area (Å²) in [6.07, 6.45) is 6.96. The van der Waals surface area contributed by atoms with Gasteiger partial charge in [0.25, 0.3) is 0 Å². The first-order valence-electron chi connectivity index (χ1n) is 11.3. The fourth-order valence-corrected chi connectivity index (χ4v) is 3.66. The van der Waals surface area contributed by atoms with Gasteiger partial charge >= 0.3 is 0 Å². The summed E-state index contributed by atoms with van der Waals surface area (Å²) in [5.74, 6) is 2.75. The molecule has 0 heterocycles. The second-order valence-corrected chi connectivity index (χ2v) is 7.67. The van der Waals surface area contributed by atoms with Crippen LogP contribution in [0.25, 0.3) is 12.2 Å². The van der Waals surface area contributed by atoms with Crippen molar-refractivity contribution in [2.24, 2.45) is 0 Å². The van der Waals surface area contributed by atoms with Gasteiger partial charge in [0.2, 0.25) is 11.5 Å². The Balaban J connectivity index is 1.73. The molecule has 194 valence electrons. The second-order valence-electron chi connectivity index (χ2n) is 7.67. The molecule has 0 aromatic heterocycles. The molecular weight excluding hydrogens is 474 g/mol. The summed E-state index contributed by atoms with van der Waals surface area (Å²) in [5, 5.41) is 3.14. The molecule has 8 heteroatoms. The minimum absolute atomic E-state index is 0.217. The molecule has 3 rings (SSSR count). The van der Waals surface area contributed by atoms with Crippen molar-refractivity contribution in [1.82, 2.24) is 0 Å². The molecule has 3 aromatic rings. The lowest BCUT2D eigenvalue weighted by Gasteiger charge is -2.13. The van der Waals surface area contributed by atoms with Crippen LogP contribution in [0.3, 0.4) is 0 Å². The highest BCUT2D eigenvalue weighted by molar-refractivity contribution is 6.05. The zero-order chi connectivity index (χ0) is 26.8. The molecule has 0 radical (unpaired) electrons. The molecule has 0 amide bonds. The Bertz CT molecular complexity index is 1250. The molecule has 0 atom stereocenters. The number of methoxy groups -OCH3 is 6. The van der Waals surface area contributed by atoms with Gasteiger partial charge in [-0.25, -0.2) is 0 Å². The lowest BCUT2D eigenvalue weighted by Crippen LogP contribution is -2.01. The van der Waals surface area contributed by atoms with Crippen molar-refractivity contribution < 1.29 is 33.2 Å². The number of carbonyl (C=O) groups is 1. The first-order chi connectivity index (χ1) is 18.0. The van der Waals surface area contributed by atoms with E-state index in [0.717, 1.165) is 16.8 Å². The van der Waals surface area contributed by atoms with Crippen LogP contribution >= 0.6 is 0 Å². The second kappa shape index (κ2) is 12.9. The summed E-state index contributed by atoms with van der Waals surface area (Å²) in [4.78, 5) is 12.7. The molecule has 3 aromatic carbocycles. The zero-order valence-corrected chi connectivity index (χ0v) is 21.8. The fourth-order valence-electron chi connectivity index (χ4n) is 3.66. The largest absolute Gasteiger partial charge is 0.493 e.